The van der Waals surface area contributed by atoms with Crippen molar-refractivity contribution in [1.29, 1.82) is 0 Å². The summed E-state index contributed by atoms with van der Waals surface area (Å²) in [6, 6.07) is 0. The van der Waals surface area contributed by atoms with E-state index in [0.29, 0.717) is 6.42 Å². The Balaban J connectivity index is 3.63. The Kier molecular flexibility index (Phi) is 5.95. The highest BCUT2D eigenvalue weighted by Gasteiger charge is 2.17. The molecule has 0 saturated carbocycles. The van der Waals surface area contributed by atoms with Crippen LogP contribution < -0.4 is 5.32 Å². The topological polar surface area (TPSA) is 75.6 Å². The van der Waals surface area contributed by atoms with E-state index in [1.807, 2.05) is 0 Å². The lowest BCUT2D eigenvalue weighted by Crippen LogP contribution is -2.25. The molecule has 0 bridgehead atoms. The van der Waals surface area contributed by atoms with Crippen LogP contribution in [0.25, 0.3) is 0 Å². The summed E-state index contributed by atoms with van der Waals surface area (Å²) in [4.78, 5) is 19.8. The minimum Gasteiger partial charge on any atom is -0.355 e. The number of amides is 1. The van der Waals surface area contributed by atoms with E-state index in [-0.39, 0.29) is 25.2 Å². The number of hydrogen-bond acceptors (Lipinski definition) is 3. The van der Waals surface area contributed by atoms with Crippen LogP contribution >= 0.6 is 7.60 Å². The van der Waals surface area contributed by atoms with E-state index < -0.39 is 7.60 Å². The highest BCUT2D eigenvalue weighted by Crippen LogP contribution is 2.40. The van der Waals surface area contributed by atoms with Crippen LogP contribution in [0.1, 0.15) is 20.3 Å². The Hall–Kier alpha value is -0.380. The molecule has 1 unspecified atom stereocenters. The molecule has 0 aliphatic heterocycles. The van der Waals surface area contributed by atoms with Crippen molar-refractivity contribution in [3.05, 3.63) is 0 Å². The van der Waals surface area contributed by atoms with Crippen molar-refractivity contribution >= 4 is 13.5 Å². The second-order valence-corrected chi connectivity index (χ2v) is 4.46. The van der Waals surface area contributed by atoms with Crippen molar-refractivity contribution in [2.75, 3.05) is 19.3 Å². The number of hydrogen-bond donors (Lipinski definition) is 2. The minimum atomic E-state index is -3.47. The van der Waals surface area contributed by atoms with Gasteiger partial charge < -0.3 is 14.7 Å². The average Bonchev–Trinajstić information content (AvgIpc) is 2.03. The van der Waals surface area contributed by atoms with E-state index in [4.69, 9.17) is 4.89 Å². The Morgan fingerprint density at radius 1 is 1.54 bits per heavy atom. The first kappa shape index (κ1) is 12.6. The van der Waals surface area contributed by atoms with Crippen LogP contribution in [0.15, 0.2) is 0 Å². The molecule has 0 aromatic heterocycles. The van der Waals surface area contributed by atoms with Gasteiger partial charge in [0.25, 0.3) is 0 Å². The van der Waals surface area contributed by atoms with Gasteiger partial charge in [-0.25, -0.2) is 0 Å². The number of carbonyl (C=O) groups is 1. The molecular formula is C7H16NO4P. The first-order valence-electron chi connectivity index (χ1n) is 4.25. The van der Waals surface area contributed by atoms with Crippen molar-refractivity contribution in [3.8, 4) is 0 Å². The van der Waals surface area contributed by atoms with E-state index in [1.54, 1.807) is 13.8 Å². The molecule has 0 aliphatic rings. The van der Waals surface area contributed by atoms with Crippen LogP contribution in [0.3, 0.4) is 0 Å². The Labute approximate surface area is 78.0 Å². The second-order valence-electron chi connectivity index (χ2n) is 2.48. The standard InChI is InChI=1S/C7H16NO4P/c1-3-7(9)8-5-6-13(10,11)12-4-2/h3-6H2,1-2H3,(H,8,9)(H,10,11). The zero-order valence-corrected chi connectivity index (χ0v) is 8.84. The first-order chi connectivity index (χ1) is 6.02. The van der Waals surface area contributed by atoms with Crippen LogP contribution in [0.4, 0.5) is 0 Å². The molecule has 5 nitrogen and oxygen atoms in total. The molecule has 1 atom stereocenters. The fourth-order valence-electron chi connectivity index (χ4n) is 0.728. The first-order valence-corrected chi connectivity index (χ1v) is 6.01. The molecule has 0 spiro atoms. The zero-order valence-electron chi connectivity index (χ0n) is 7.95. The van der Waals surface area contributed by atoms with Crippen LogP contribution in [0.2, 0.25) is 0 Å². The van der Waals surface area contributed by atoms with E-state index in [1.165, 1.54) is 0 Å². The predicted octanol–water partition coefficient (Wildman–Crippen LogP) is 0.734. The SMILES string of the molecule is CCOP(=O)(O)CCNC(=O)CC. The molecule has 13 heavy (non-hydrogen) atoms. The summed E-state index contributed by atoms with van der Waals surface area (Å²) >= 11 is 0. The predicted molar refractivity (Wildman–Crippen MR) is 49.6 cm³/mol. The molecule has 2 N–H and O–H groups in total. The van der Waals surface area contributed by atoms with Gasteiger partial charge in [0.1, 0.15) is 0 Å². The number of rotatable bonds is 6. The third-order valence-corrected chi connectivity index (χ3v) is 2.82. The van der Waals surface area contributed by atoms with Crippen LogP contribution in [0.5, 0.6) is 0 Å². The average molecular weight is 209 g/mol. The van der Waals surface area contributed by atoms with Crippen molar-refractivity contribution in [1.82, 2.24) is 5.32 Å². The zero-order chi connectivity index (χ0) is 10.3. The molecule has 78 valence electrons. The highest BCUT2D eigenvalue weighted by molar-refractivity contribution is 7.52. The monoisotopic (exact) mass is 209 g/mol. The number of nitrogens with one attached hydrogen (secondary N) is 1. The molecule has 1 amide bonds. The van der Waals surface area contributed by atoms with E-state index in [2.05, 4.69) is 9.84 Å². The molecule has 0 radical (unpaired) electrons. The van der Waals surface area contributed by atoms with E-state index in [9.17, 15) is 9.36 Å². The molecule has 0 fully saturated rings. The highest BCUT2D eigenvalue weighted by atomic mass is 31.2. The van der Waals surface area contributed by atoms with Crippen molar-refractivity contribution < 1.29 is 18.8 Å². The Morgan fingerprint density at radius 2 is 2.15 bits per heavy atom. The smallest absolute Gasteiger partial charge is 0.329 e. The third kappa shape index (κ3) is 6.75. The van der Waals surface area contributed by atoms with Gasteiger partial charge in [0, 0.05) is 13.0 Å². The molecule has 0 heterocycles. The summed E-state index contributed by atoms with van der Waals surface area (Å²) in [6.45, 7) is 3.75. The van der Waals surface area contributed by atoms with Gasteiger partial charge >= 0.3 is 7.60 Å². The lowest BCUT2D eigenvalue weighted by molar-refractivity contribution is -0.120. The maximum absolute atomic E-state index is 11.1. The van der Waals surface area contributed by atoms with E-state index >= 15 is 0 Å². The molecule has 0 aliphatic carbocycles. The van der Waals surface area contributed by atoms with Crippen LogP contribution in [0, 0.1) is 0 Å². The molecule has 0 aromatic carbocycles. The maximum atomic E-state index is 11.1. The van der Waals surface area contributed by atoms with Crippen molar-refractivity contribution in [2.45, 2.75) is 20.3 Å². The van der Waals surface area contributed by atoms with Gasteiger partial charge in [0.15, 0.2) is 0 Å². The lowest BCUT2D eigenvalue weighted by Gasteiger charge is -2.10. The minimum absolute atomic E-state index is 0.0351. The summed E-state index contributed by atoms with van der Waals surface area (Å²) in [5, 5.41) is 2.50. The van der Waals surface area contributed by atoms with Crippen molar-refractivity contribution in [2.24, 2.45) is 0 Å². The Morgan fingerprint density at radius 3 is 2.62 bits per heavy atom. The van der Waals surface area contributed by atoms with E-state index in [0.717, 1.165) is 0 Å². The number of carbonyl (C=O) groups excluding carboxylic acids is 1. The summed E-state index contributed by atoms with van der Waals surface area (Å²) in [5.41, 5.74) is 0. The maximum Gasteiger partial charge on any atom is 0.329 e. The fraction of sp³-hybridized carbons (Fsp3) is 0.857. The van der Waals surface area contributed by atoms with Gasteiger partial charge in [0.2, 0.25) is 5.91 Å². The van der Waals surface area contributed by atoms with Gasteiger partial charge in [-0.05, 0) is 6.92 Å². The summed E-state index contributed by atoms with van der Waals surface area (Å²) < 4.78 is 15.7. The van der Waals surface area contributed by atoms with Crippen LogP contribution in [-0.4, -0.2) is 30.1 Å². The third-order valence-electron chi connectivity index (χ3n) is 1.37. The van der Waals surface area contributed by atoms with Gasteiger partial charge in [-0.2, -0.15) is 0 Å². The largest absolute Gasteiger partial charge is 0.355 e. The van der Waals surface area contributed by atoms with Gasteiger partial charge in [-0.3, -0.25) is 9.36 Å². The summed E-state index contributed by atoms with van der Waals surface area (Å²) in [6.07, 6.45) is 0.344. The molecule has 6 heteroatoms. The Bertz CT molecular complexity index is 207. The molecule has 0 rings (SSSR count). The summed E-state index contributed by atoms with van der Waals surface area (Å²) in [7, 11) is -3.47. The van der Waals surface area contributed by atoms with Crippen LogP contribution in [-0.2, 0) is 13.9 Å². The van der Waals surface area contributed by atoms with Gasteiger partial charge in [-0.1, -0.05) is 6.92 Å². The lowest BCUT2D eigenvalue weighted by atomic mass is 10.4. The molecular weight excluding hydrogens is 193 g/mol. The fourth-order valence-corrected chi connectivity index (χ4v) is 1.65. The molecule has 0 aromatic rings. The quantitative estimate of drug-likeness (QED) is 0.632. The van der Waals surface area contributed by atoms with Crippen molar-refractivity contribution in [3.63, 3.8) is 0 Å². The van der Waals surface area contributed by atoms with Gasteiger partial charge in [-0.15, -0.1) is 0 Å². The molecule has 0 saturated heterocycles. The summed E-state index contributed by atoms with van der Waals surface area (Å²) in [5.74, 6) is -0.128. The normalized spacial score (nSPS) is 15.0. The van der Waals surface area contributed by atoms with Gasteiger partial charge in [0.05, 0.1) is 12.8 Å². The second kappa shape index (κ2) is 6.13.